The summed E-state index contributed by atoms with van der Waals surface area (Å²) in [5, 5.41) is 11.6. The molecule has 0 saturated carbocycles. The fraction of sp³-hybridized carbons (Fsp3) is 0.375. The van der Waals surface area contributed by atoms with E-state index in [1.54, 1.807) is 0 Å². The number of nitrogens with zero attached hydrogens (tertiary/aromatic N) is 2. The second-order valence-electron chi connectivity index (χ2n) is 3.20. The van der Waals surface area contributed by atoms with Crippen LogP contribution in [-0.2, 0) is 0 Å². The van der Waals surface area contributed by atoms with Crippen molar-refractivity contribution in [2.24, 2.45) is 0 Å². The van der Waals surface area contributed by atoms with E-state index in [2.05, 4.69) is 15.3 Å². The van der Waals surface area contributed by atoms with E-state index in [1.807, 2.05) is 13.8 Å². The Balaban J connectivity index is 3.13. The van der Waals surface area contributed by atoms with Gasteiger partial charge in [-0.15, -0.1) is 0 Å². The van der Waals surface area contributed by atoms with Gasteiger partial charge in [-0.1, -0.05) is 11.6 Å². The van der Waals surface area contributed by atoms with Gasteiger partial charge in [-0.25, -0.2) is 14.8 Å². The summed E-state index contributed by atoms with van der Waals surface area (Å²) in [6.45, 7) is 3.78. The molecule has 0 aliphatic carbocycles. The molecule has 1 heterocycles. The van der Waals surface area contributed by atoms with Crippen LogP contribution in [0.2, 0.25) is 5.15 Å². The fourth-order valence-electron chi connectivity index (χ4n) is 0.951. The van der Waals surface area contributed by atoms with Crippen molar-refractivity contribution < 1.29 is 9.90 Å². The predicted octanol–water partition coefficient (Wildman–Crippen LogP) is 1.23. The van der Waals surface area contributed by atoms with Crippen molar-refractivity contribution >= 4 is 29.2 Å². The van der Waals surface area contributed by atoms with Crippen molar-refractivity contribution in [3.05, 3.63) is 10.8 Å². The highest BCUT2D eigenvalue weighted by Crippen LogP contribution is 2.20. The maximum absolute atomic E-state index is 10.6. The van der Waals surface area contributed by atoms with Gasteiger partial charge in [-0.05, 0) is 13.8 Å². The van der Waals surface area contributed by atoms with Gasteiger partial charge in [0.1, 0.15) is 0 Å². The molecule has 4 N–H and O–H groups in total. The van der Waals surface area contributed by atoms with Crippen molar-refractivity contribution in [3.63, 3.8) is 0 Å². The summed E-state index contributed by atoms with van der Waals surface area (Å²) < 4.78 is 0. The molecule has 0 radical (unpaired) electrons. The molecule has 0 spiro atoms. The Labute approximate surface area is 91.5 Å². The zero-order valence-corrected chi connectivity index (χ0v) is 9.04. The minimum Gasteiger partial charge on any atom is -0.476 e. The first-order chi connectivity index (χ1) is 6.91. The van der Waals surface area contributed by atoms with Crippen LogP contribution in [0, 0.1) is 0 Å². The number of nitrogens with two attached hydrogens (primary N) is 1. The van der Waals surface area contributed by atoms with E-state index in [4.69, 9.17) is 22.4 Å². The lowest BCUT2D eigenvalue weighted by Gasteiger charge is -2.11. The number of nitrogens with one attached hydrogen (secondary N) is 1. The lowest BCUT2D eigenvalue weighted by Crippen LogP contribution is -2.15. The van der Waals surface area contributed by atoms with Crippen LogP contribution in [0.15, 0.2) is 0 Å². The third kappa shape index (κ3) is 2.69. The van der Waals surface area contributed by atoms with Gasteiger partial charge in [0.2, 0.25) is 0 Å². The third-order valence-corrected chi connectivity index (χ3v) is 1.77. The van der Waals surface area contributed by atoms with E-state index >= 15 is 0 Å². The van der Waals surface area contributed by atoms with Crippen molar-refractivity contribution in [3.8, 4) is 0 Å². The summed E-state index contributed by atoms with van der Waals surface area (Å²) in [5.41, 5.74) is 5.08. The number of carboxylic acids is 1. The van der Waals surface area contributed by atoms with Crippen LogP contribution in [0.4, 0.5) is 11.6 Å². The van der Waals surface area contributed by atoms with Gasteiger partial charge in [0.05, 0.1) is 0 Å². The molecule has 6 nitrogen and oxygen atoms in total. The fourth-order valence-corrected chi connectivity index (χ4v) is 1.13. The normalized spacial score (nSPS) is 10.4. The molecule has 82 valence electrons. The summed E-state index contributed by atoms with van der Waals surface area (Å²) in [6, 6.07) is 0.104. The van der Waals surface area contributed by atoms with Crippen molar-refractivity contribution in [2.45, 2.75) is 19.9 Å². The van der Waals surface area contributed by atoms with Gasteiger partial charge in [-0.2, -0.15) is 0 Å². The summed E-state index contributed by atoms with van der Waals surface area (Å²) in [6.07, 6.45) is 0. The number of hydrogen-bond acceptors (Lipinski definition) is 5. The van der Waals surface area contributed by atoms with Crippen LogP contribution in [0.1, 0.15) is 24.3 Å². The number of anilines is 2. The van der Waals surface area contributed by atoms with Crippen LogP contribution in [0.25, 0.3) is 0 Å². The Kier molecular flexibility index (Phi) is 3.31. The van der Waals surface area contributed by atoms with Crippen LogP contribution >= 0.6 is 11.6 Å². The van der Waals surface area contributed by atoms with Crippen molar-refractivity contribution in [1.82, 2.24) is 9.97 Å². The van der Waals surface area contributed by atoms with E-state index in [-0.39, 0.29) is 28.5 Å². The number of aromatic nitrogens is 2. The number of halogens is 1. The molecule has 0 amide bonds. The molecule has 1 aromatic heterocycles. The first-order valence-corrected chi connectivity index (χ1v) is 4.62. The summed E-state index contributed by atoms with van der Waals surface area (Å²) in [7, 11) is 0. The molecule has 0 aromatic carbocycles. The molecule has 0 bridgehead atoms. The smallest absolute Gasteiger partial charge is 0.358 e. The molecule has 1 rings (SSSR count). The highest BCUT2D eigenvalue weighted by atomic mass is 35.5. The molecular weight excluding hydrogens is 220 g/mol. The molecule has 0 aliphatic rings. The molecular formula is C8H11ClN4O2. The number of aromatic carboxylic acids is 1. The first-order valence-electron chi connectivity index (χ1n) is 4.24. The van der Waals surface area contributed by atoms with Gasteiger partial charge in [0.25, 0.3) is 0 Å². The predicted molar refractivity (Wildman–Crippen MR) is 57.2 cm³/mol. The van der Waals surface area contributed by atoms with Gasteiger partial charge in [-0.3, -0.25) is 0 Å². The Morgan fingerprint density at radius 3 is 2.60 bits per heavy atom. The Morgan fingerprint density at radius 1 is 1.53 bits per heavy atom. The minimum absolute atomic E-state index is 0.00435. The van der Waals surface area contributed by atoms with Gasteiger partial charge in [0.15, 0.2) is 22.5 Å². The average Bonchev–Trinajstić information content (AvgIpc) is 2.09. The molecule has 15 heavy (non-hydrogen) atoms. The zero-order valence-electron chi connectivity index (χ0n) is 8.28. The Bertz CT molecular complexity index is 394. The van der Waals surface area contributed by atoms with Crippen molar-refractivity contribution in [2.75, 3.05) is 11.1 Å². The molecule has 0 saturated heterocycles. The van der Waals surface area contributed by atoms with Gasteiger partial charge in [0, 0.05) is 6.04 Å². The lowest BCUT2D eigenvalue weighted by atomic mass is 10.4. The Morgan fingerprint density at radius 2 is 2.13 bits per heavy atom. The number of nitrogen functional groups attached to an aromatic ring is 1. The number of carboxylic acid groups (broad SMARTS) is 1. The van der Waals surface area contributed by atoms with E-state index < -0.39 is 5.97 Å². The summed E-state index contributed by atoms with van der Waals surface area (Å²) >= 11 is 5.73. The van der Waals surface area contributed by atoms with E-state index in [0.717, 1.165) is 0 Å². The standard InChI is InChI=1S/C8H11ClN4O2/c1-3(2)11-7-5(9)12-4(8(14)15)6(10)13-7/h3H,1-2H3,(H,14,15)(H3,10,11,13). The first kappa shape index (κ1) is 11.5. The number of carbonyl (C=O) groups is 1. The zero-order chi connectivity index (χ0) is 11.6. The average molecular weight is 231 g/mol. The highest BCUT2D eigenvalue weighted by Gasteiger charge is 2.15. The summed E-state index contributed by atoms with van der Waals surface area (Å²) in [4.78, 5) is 18.1. The third-order valence-electron chi connectivity index (χ3n) is 1.51. The Hall–Kier alpha value is -1.56. The van der Waals surface area contributed by atoms with E-state index in [0.29, 0.717) is 0 Å². The van der Waals surface area contributed by atoms with Crippen LogP contribution < -0.4 is 11.1 Å². The largest absolute Gasteiger partial charge is 0.476 e. The minimum atomic E-state index is -1.25. The van der Waals surface area contributed by atoms with E-state index in [9.17, 15) is 4.79 Å². The van der Waals surface area contributed by atoms with Crippen molar-refractivity contribution in [1.29, 1.82) is 0 Å². The molecule has 0 aliphatic heterocycles. The van der Waals surface area contributed by atoms with Gasteiger partial charge >= 0.3 is 5.97 Å². The molecule has 7 heteroatoms. The molecule has 0 atom stereocenters. The highest BCUT2D eigenvalue weighted by molar-refractivity contribution is 6.31. The topological polar surface area (TPSA) is 101 Å². The SMILES string of the molecule is CC(C)Nc1nc(N)c(C(=O)O)nc1Cl. The lowest BCUT2D eigenvalue weighted by molar-refractivity contribution is 0.0691. The van der Waals surface area contributed by atoms with E-state index in [1.165, 1.54) is 0 Å². The monoisotopic (exact) mass is 230 g/mol. The maximum atomic E-state index is 10.6. The van der Waals surface area contributed by atoms with Crippen LogP contribution in [0.3, 0.4) is 0 Å². The number of hydrogen-bond donors (Lipinski definition) is 3. The maximum Gasteiger partial charge on any atom is 0.358 e. The summed E-state index contributed by atoms with van der Waals surface area (Å²) in [5.74, 6) is -1.12. The van der Waals surface area contributed by atoms with Crippen LogP contribution in [-0.4, -0.2) is 27.1 Å². The second kappa shape index (κ2) is 4.31. The molecule has 0 unspecified atom stereocenters. The quantitative estimate of drug-likeness (QED) is 0.722. The molecule has 1 aromatic rings. The van der Waals surface area contributed by atoms with Gasteiger partial charge < -0.3 is 16.2 Å². The molecule has 0 fully saturated rings. The second-order valence-corrected chi connectivity index (χ2v) is 3.56. The number of rotatable bonds is 3. The van der Waals surface area contributed by atoms with Crippen LogP contribution in [0.5, 0.6) is 0 Å².